The third kappa shape index (κ3) is 2.98. The van der Waals surface area contributed by atoms with Crippen molar-refractivity contribution >= 4 is 0 Å². The van der Waals surface area contributed by atoms with Gasteiger partial charge in [0.1, 0.15) is 0 Å². The van der Waals surface area contributed by atoms with Gasteiger partial charge in [0, 0.05) is 5.92 Å². The minimum absolute atomic E-state index is 0.463. The highest BCUT2D eigenvalue weighted by Crippen LogP contribution is 2.46. The fourth-order valence-electron chi connectivity index (χ4n) is 4.25. The Bertz CT molecular complexity index is 859. The molecule has 26 heavy (non-hydrogen) atoms. The molecule has 0 saturated carbocycles. The molecule has 0 atom stereocenters. The second-order valence-electron chi connectivity index (χ2n) is 8.25. The molecule has 0 fully saturated rings. The number of hydrogen-bond acceptors (Lipinski definition) is 0. The van der Waals surface area contributed by atoms with E-state index < -0.39 is 0 Å². The van der Waals surface area contributed by atoms with Crippen molar-refractivity contribution in [2.24, 2.45) is 0 Å². The van der Waals surface area contributed by atoms with Crippen molar-refractivity contribution in [1.82, 2.24) is 0 Å². The Morgan fingerprint density at radius 2 is 1.12 bits per heavy atom. The Morgan fingerprint density at radius 3 is 1.58 bits per heavy atom. The summed E-state index contributed by atoms with van der Waals surface area (Å²) < 4.78 is 0. The van der Waals surface area contributed by atoms with E-state index in [0.29, 0.717) is 17.8 Å². The van der Waals surface area contributed by atoms with Gasteiger partial charge in [0.05, 0.1) is 0 Å². The molecule has 1 aliphatic rings. The Hall–Kier alpha value is -2.34. The Balaban J connectivity index is 1.78. The second-order valence-corrected chi connectivity index (χ2v) is 8.25. The zero-order chi connectivity index (χ0) is 18.3. The molecule has 0 spiro atoms. The lowest BCUT2D eigenvalue weighted by atomic mass is 9.86. The van der Waals surface area contributed by atoms with Crippen molar-refractivity contribution in [2.75, 3.05) is 0 Å². The van der Waals surface area contributed by atoms with Gasteiger partial charge in [0.15, 0.2) is 0 Å². The van der Waals surface area contributed by atoms with Gasteiger partial charge in [-0.15, -0.1) is 0 Å². The van der Waals surface area contributed by atoms with Crippen LogP contribution in [-0.4, -0.2) is 0 Å². The molecule has 132 valence electrons. The molecule has 1 aliphatic carbocycles. The van der Waals surface area contributed by atoms with Crippen molar-refractivity contribution in [2.45, 2.75) is 51.9 Å². The van der Waals surface area contributed by atoms with Crippen LogP contribution >= 0.6 is 0 Å². The lowest BCUT2D eigenvalue weighted by molar-refractivity contribution is 0.797. The van der Waals surface area contributed by atoms with Gasteiger partial charge in [-0.1, -0.05) is 94.4 Å². The fraction of sp³-hybridized carbons (Fsp3) is 0.308. The van der Waals surface area contributed by atoms with Crippen LogP contribution in [0, 0.1) is 0 Å². The van der Waals surface area contributed by atoms with E-state index in [1.54, 1.807) is 0 Å². The predicted octanol–water partition coefficient (Wildman–Crippen LogP) is 7.29. The van der Waals surface area contributed by atoms with Crippen molar-refractivity contribution in [3.05, 3.63) is 94.5 Å². The van der Waals surface area contributed by atoms with Crippen LogP contribution in [0.15, 0.2) is 66.7 Å². The van der Waals surface area contributed by atoms with Crippen molar-refractivity contribution in [1.29, 1.82) is 0 Å². The van der Waals surface area contributed by atoms with E-state index in [4.69, 9.17) is 0 Å². The standard InChI is InChI=1S/C26H28/c1-17(2)20-13-19(14-21(16-20)18(3)4)15-26-24-11-7-5-9-22(24)23-10-6-8-12-25(23)26/h5-14,16-18,26H,15H2,1-4H3. The summed E-state index contributed by atoms with van der Waals surface area (Å²) in [6.45, 7) is 9.18. The molecule has 0 amide bonds. The van der Waals surface area contributed by atoms with Gasteiger partial charge in [-0.3, -0.25) is 0 Å². The maximum Gasteiger partial charge on any atom is 0.0142 e. The number of benzene rings is 3. The highest BCUT2D eigenvalue weighted by molar-refractivity contribution is 5.78. The maximum absolute atomic E-state index is 2.43. The monoisotopic (exact) mass is 340 g/mol. The van der Waals surface area contributed by atoms with Crippen LogP contribution in [-0.2, 0) is 6.42 Å². The van der Waals surface area contributed by atoms with Gasteiger partial charge >= 0.3 is 0 Å². The van der Waals surface area contributed by atoms with Gasteiger partial charge in [-0.2, -0.15) is 0 Å². The van der Waals surface area contributed by atoms with Crippen molar-refractivity contribution in [3.8, 4) is 11.1 Å². The molecular weight excluding hydrogens is 312 g/mol. The second kappa shape index (κ2) is 6.76. The van der Waals surface area contributed by atoms with E-state index in [1.165, 1.54) is 38.9 Å². The van der Waals surface area contributed by atoms with E-state index in [0.717, 1.165) is 6.42 Å². The summed E-state index contributed by atoms with van der Waals surface area (Å²) in [5.74, 6) is 1.59. The van der Waals surface area contributed by atoms with E-state index in [-0.39, 0.29) is 0 Å². The molecule has 0 bridgehead atoms. The van der Waals surface area contributed by atoms with Gasteiger partial charge in [0.2, 0.25) is 0 Å². The average molecular weight is 341 g/mol. The number of rotatable bonds is 4. The molecule has 4 rings (SSSR count). The zero-order valence-corrected chi connectivity index (χ0v) is 16.3. The molecular formula is C26H28. The van der Waals surface area contributed by atoms with Crippen LogP contribution in [0.4, 0.5) is 0 Å². The third-order valence-electron chi connectivity index (χ3n) is 5.77. The van der Waals surface area contributed by atoms with Gasteiger partial charge in [-0.25, -0.2) is 0 Å². The number of hydrogen-bond donors (Lipinski definition) is 0. The minimum atomic E-state index is 0.463. The van der Waals surface area contributed by atoms with Crippen molar-refractivity contribution < 1.29 is 0 Å². The molecule has 0 aromatic heterocycles. The van der Waals surface area contributed by atoms with Gasteiger partial charge in [-0.05, 0) is 57.2 Å². The molecule has 0 aliphatic heterocycles. The van der Waals surface area contributed by atoms with E-state index >= 15 is 0 Å². The summed E-state index contributed by atoms with van der Waals surface area (Å²) >= 11 is 0. The van der Waals surface area contributed by atoms with Crippen LogP contribution in [0.1, 0.15) is 73.3 Å². The first kappa shape index (κ1) is 17.1. The van der Waals surface area contributed by atoms with E-state index in [1.807, 2.05) is 0 Å². The van der Waals surface area contributed by atoms with Crippen LogP contribution in [0.3, 0.4) is 0 Å². The summed E-state index contributed by atoms with van der Waals surface area (Å²) in [5, 5.41) is 0. The van der Waals surface area contributed by atoms with Crippen LogP contribution < -0.4 is 0 Å². The van der Waals surface area contributed by atoms with E-state index in [2.05, 4.69) is 94.4 Å². The molecule has 0 unspecified atom stereocenters. The highest BCUT2D eigenvalue weighted by atomic mass is 14.3. The highest BCUT2D eigenvalue weighted by Gasteiger charge is 2.28. The summed E-state index contributed by atoms with van der Waals surface area (Å²) in [4.78, 5) is 0. The normalized spacial score (nSPS) is 13.3. The summed E-state index contributed by atoms with van der Waals surface area (Å²) in [6, 6.07) is 25.1. The molecule has 3 aromatic rings. The summed E-state index contributed by atoms with van der Waals surface area (Å²) in [7, 11) is 0. The fourth-order valence-corrected chi connectivity index (χ4v) is 4.25. The SMILES string of the molecule is CC(C)c1cc(CC2c3ccccc3-c3ccccc32)cc(C(C)C)c1. The van der Waals surface area contributed by atoms with Crippen molar-refractivity contribution in [3.63, 3.8) is 0 Å². The summed E-state index contributed by atoms with van der Waals surface area (Å²) in [5.41, 5.74) is 10.2. The molecule has 0 radical (unpaired) electrons. The molecule has 0 heteroatoms. The van der Waals surface area contributed by atoms with Gasteiger partial charge < -0.3 is 0 Å². The first-order valence-electron chi connectivity index (χ1n) is 9.86. The molecule has 0 heterocycles. The van der Waals surface area contributed by atoms with Gasteiger partial charge in [0.25, 0.3) is 0 Å². The quantitative estimate of drug-likeness (QED) is 0.468. The first-order chi connectivity index (χ1) is 12.5. The smallest absolute Gasteiger partial charge is 0.0142 e. The van der Waals surface area contributed by atoms with Crippen LogP contribution in [0.2, 0.25) is 0 Å². The Labute approximate surface area is 157 Å². The summed E-state index contributed by atoms with van der Waals surface area (Å²) in [6.07, 6.45) is 1.08. The Kier molecular flexibility index (Phi) is 4.44. The third-order valence-corrected chi connectivity index (χ3v) is 5.77. The number of fused-ring (bicyclic) bond motifs is 3. The molecule has 0 N–H and O–H groups in total. The molecule has 3 aromatic carbocycles. The average Bonchev–Trinajstić information content (AvgIpc) is 2.96. The maximum atomic E-state index is 2.43. The predicted molar refractivity (Wildman–Crippen MR) is 112 cm³/mol. The topological polar surface area (TPSA) is 0 Å². The Morgan fingerprint density at radius 1 is 0.654 bits per heavy atom. The first-order valence-corrected chi connectivity index (χ1v) is 9.86. The molecule has 0 nitrogen and oxygen atoms in total. The van der Waals surface area contributed by atoms with Crippen LogP contribution in [0.5, 0.6) is 0 Å². The minimum Gasteiger partial charge on any atom is -0.0619 e. The lowest BCUT2D eigenvalue weighted by Gasteiger charge is -2.18. The lowest BCUT2D eigenvalue weighted by Crippen LogP contribution is -2.04. The zero-order valence-electron chi connectivity index (χ0n) is 16.3. The van der Waals surface area contributed by atoms with E-state index in [9.17, 15) is 0 Å². The largest absolute Gasteiger partial charge is 0.0619 e. The van der Waals surface area contributed by atoms with Crippen LogP contribution in [0.25, 0.3) is 11.1 Å². The molecule has 0 saturated heterocycles.